The monoisotopic (exact) mass is 206 g/mol. The van der Waals surface area contributed by atoms with Gasteiger partial charge in [0.1, 0.15) is 16.9 Å². The molecule has 0 fully saturated rings. The molecule has 2 aromatic heterocycles. The van der Waals surface area contributed by atoms with Gasteiger partial charge in [-0.15, -0.1) is 0 Å². The van der Waals surface area contributed by atoms with Crippen LogP contribution >= 0.6 is 11.8 Å². The highest BCUT2D eigenvalue weighted by molar-refractivity contribution is 8.02. The summed E-state index contributed by atoms with van der Waals surface area (Å²) in [5.74, 6) is 0. The third-order valence-electron chi connectivity index (χ3n) is 1.59. The number of H-pyrrole nitrogens is 1. The minimum absolute atomic E-state index is 0.713. The van der Waals surface area contributed by atoms with E-state index in [9.17, 15) is 0 Å². The van der Waals surface area contributed by atoms with Gasteiger partial charge < -0.3 is 4.98 Å². The molecule has 0 atom stereocenters. The van der Waals surface area contributed by atoms with Crippen molar-refractivity contribution in [3.63, 3.8) is 0 Å². The van der Waals surface area contributed by atoms with E-state index < -0.39 is 0 Å². The standard InChI is InChI=1S/C9H10N4S/c1-6(2)3-14-9-7-8(11-4-10-7)12-5-13-9/h3-5H,1-2H3,(H,10,11,12,13). The third-order valence-corrected chi connectivity index (χ3v) is 2.72. The molecule has 5 heteroatoms. The predicted octanol–water partition coefficient (Wildman–Crippen LogP) is 2.37. The van der Waals surface area contributed by atoms with Crippen molar-refractivity contribution in [2.75, 3.05) is 0 Å². The fourth-order valence-electron chi connectivity index (χ4n) is 1.01. The Kier molecular flexibility index (Phi) is 2.49. The van der Waals surface area contributed by atoms with E-state index in [2.05, 4.69) is 39.2 Å². The third kappa shape index (κ3) is 1.77. The largest absolute Gasteiger partial charge is 0.341 e. The van der Waals surface area contributed by atoms with Crippen molar-refractivity contribution in [1.82, 2.24) is 19.9 Å². The SMILES string of the molecule is CC(C)=CSc1ncnc2nc[nH]c12. The fraction of sp³-hybridized carbons (Fsp3) is 0.222. The van der Waals surface area contributed by atoms with E-state index in [-0.39, 0.29) is 0 Å². The molecule has 0 saturated carbocycles. The van der Waals surface area contributed by atoms with Crippen molar-refractivity contribution in [2.24, 2.45) is 0 Å². The van der Waals surface area contributed by atoms with Gasteiger partial charge in [-0.2, -0.15) is 0 Å². The molecule has 4 nitrogen and oxygen atoms in total. The number of nitrogens with zero attached hydrogens (tertiary/aromatic N) is 3. The molecular formula is C9H10N4S. The quantitative estimate of drug-likeness (QED) is 0.605. The average molecular weight is 206 g/mol. The summed E-state index contributed by atoms with van der Waals surface area (Å²) in [6.45, 7) is 4.11. The summed E-state index contributed by atoms with van der Waals surface area (Å²) < 4.78 is 0. The van der Waals surface area contributed by atoms with Gasteiger partial charge in [-0.3, -0.25) is 0 Å². The number of nitrogens with one attached hydrogen (secondary N) is 1. The summed E-state index contributed by atoms with van der Waals surface area (Å²) >= 11 is 1.58. The maximum atomic E-state index is 4.19. The zero-order chi connectivity index (χ0) is 9.97. The minimum atomic E-state index is 0.713. The first-order chi connectivity index (χ1) is 6.77. The van der Waals surface area contributed by atoms with E-state index in [1.54, 1.807) is 18.1 Å². The molecule has 0 bridgehead atoms. The smallest absolute Gasteiger partial charge is 0.181 e. The molecule has 0 aromatic carbocycles. The Bertz CT molecular complexity index is 470. The van der Waals surface area contributed by atoms with E-state index in [1.165, 1.54) is 11.9 Å². The van der Waals surface area contributed by atoms with Gasteiger partial charge in [-0.25, -0.2) is 15.0 Å². The summed E-state index contributed by atoms with van der Waals surface area (Å²) in [4.78, 5) is 15.3. The van der Waals surface area contributed by atoms with Crippen LogP contribution in [-0.2, 0) is 0 Å². The van der Waals surface area contributed by atoms with Crippen LogP contribution in [0.15, 0.2) is 28.7 Å². The second-order valence-electron chi connectivity index (χ2n) is 3.09. The molecule has 1 N–H and O–H groups in total. The minimum Gasteiger partial charge on any atom is -0.341 e. The van der Waals surface area contributed by atoms with Gasteiger partial charge >= 0.3 is 0 Å². The number of imidazole rings is 1. The van der Waals surface area contributed by atoms with Crippen LogP contribution in [0.1, 0.15) is 13.8 Å². The molecular weight excluding hydrogens is 196 g/mol. The van der Waals surface area contributed by atoms with Crippen molar-refractivity contribution < 1.29 is 0 Å². The van der Waals surface area contributed by atoms with Crippen LogP contribution in [0.3, 0.4) is 0 Å². The number of aromatic amines is 1. The van der Waals surface area contributed by atoms with Crippen LogP contribution in [0.25, 0.3) is 11.2 Å². The van der Waals surface area contributed by atoms with Crippen LogP contribution in [-0.4, -0.2) is 19.9 Å². The summed E-state index contributed by atoms with van der Waals surface area (Å²) in [7, 11) is 0. The number of rotatable bonds is 2. The molecule has 0 saturated heterocycles. The Morgan fingerprint density at radius 1 is 1.36 bits per heavy atom. The Balaban J connectivity index is 2.41. The number of hydrogen-bond donors (Lipinski definition) is 1. The molecule has 2 aromatic rings. The maximum Gasteiger partial charge on any atom is 0.181 e. The van der Waals surface area contributed by atoms with E-state index in [4.69, 9.17) is 0 Å². The molecule has 72 valence electrons. The first-order valence-corrected chi connectivity index (χ1v) is 5.09. The van der Waals surface area contributed by atoms with E-state index in [0.717, 1.165) is 10.5 Å². The lowest BCUT2D eigenvalue weighted by Crippen LogP contribution is -1.84. The number of thioether (sulfide) groups is 1. The number of aromatic nitrogens is 4. The predicted molar refractivity (Wildman–Crippen MR) is 57.0 cm³/mol. The Hall–Kier alpha value is -1.36. The van der Waals surface area contributed by atoms with Gasteiger partial charge in [0.15, 0.2) is 5.65 Å². The molecule has 0 aliphatic carbocycles. The summed E-state index contributed by atoms with van der Waals surface area (Å²) in [6, 6.07) is 0. The summed E-state index contributed by atoms with van der Waals surface area (Å²) in [6.07, 6.45) is 3.16. The first-order valence-electron chi connectivity index (χ1n) is 4.21. The molecule has 0 unspecified atom stereocenters. The number of hydrogen-bond acceptors (Lipinski definition) is 4. The maximum absolute atomic E-state index is 4.19. The molecule has 0 amide bonds. The van der Waals surface area contributed by atoms with Crippen molar-refractivity contribution in [1.29, 1.82) is 0 Å². The van der Waals surface area contributed by atoms with Crippen molar-refractivity contribution in [3.05, 3.63) is 23.6 Å². The van der Waals surface area contributed by atoms with Gasteiger partial charge in [0.2, 0.25) is 0 Å². The van der Waals surface area contributed by atoms with Crippen LogP contribution in [0, 0.1) is 0 Å². The lowest BCUT2D eigenvalue weighted by molar-refractivity contribution is 1.09. The molecule has 0 spiro atoms. The van der Waals surface area contributed by atoms with Gasteiger partial charge in [-0.05, 0) is 19.3 Å². The average Bonchev–Trinajstić information content (AvgIpc) is 2.62. The zero-order valence-electron chi connectivity index (χ0n) is 7.98. The number of allylic oxidation sites excluding steroid dienone is 1. The van der Waals surface area contributed by atoms with Crippen LogP contribution in [0.4, 0.5) is 0 Å². The highest BCUT2D eigenvalue weighted by Gasteiger charge is 2.04. The Labute approximate surface area is 85.9 Å². The summed E-state index contributed by atoms with van der Waals surface area (Å²) in [5, 5.41) is 2.97. The lowest BCUT2D eigenvalue weighted by Gasteiger charge is -1.96. The van der Waals surface area contributed by atoms with Crippen LogP contribution in [0.2, 0.25) is 0 Å². The van der Waals surface area contributed by atoms with Crippen LogP contribution < -0.4 is 0 Å². The van der Waals surface area contributed by atoms with Crippen molar-refractivity contribution >= 4 is 22.9 Å². The molecule has 2 heterocycles. The van der Waals surface area contributed by atoms with Gasteiger partial charge in [-0.1, -0.05) is 17.3 Å². The molecule has 2 rings (SSSR count). The van der Waals surface area contributed by atoms with Crippen molar-refractivity contribution in [2.45, 2.75) is 18.9 Å². The second kappa shape index (κ2) is 3.79. The first kappa shape index (κ1) is 9.21. The van der Waals surface area contributed by atoms with Gasteiger partial charge in [0.25, 0.3) is 0 Å². The van der Waals surface area contributed by atoms with E-state index in [1.807, 2.05) is 0 Å². The van der Waals surface area contributed by atoms with Gasteiger partial charge in [0.05, 0.1) is 6.33 Å². The molecule has 0 radical (unpaired) electrons. The van der Waals surface area contributed by atoms with E-state index in [0.29, 0.717) is 5.65 Å². The highest BCUT2D eigenvalue weighted by Crippen LogP contribution is 2.23. The van der Waals surface area contributed by atoms with Gasteiger partial charge in [0, 0.05) is 0 Å². The molecule has 0 aliphatic rings. The molecule has 0 aliphatic heterocycles. The highest BCUT2D eigenvalue weighted by atomic mass is 32.2. The summed E-state index contributed by atoms with van der Waals surface area (Å²) in [5.41, 5.74) is 2.86. The lowest BCUT2D eigenvalue weighted by atomic mass is 10.4. The zero-order valence-corrected chi connectivity index (χ0v) is 8.80. The van der Waals surface area contributed by atoms with Crippen molar-refractivity contribution in [3.8, 4) is 0 Å². The normalized spacial score (nSPS) is 10.4. The number of fused-ring (bicyclic) bond motifs is 1. The van der Waals surface area contributed by atoms with Crippen LogP contribution in [0.5, 0.6) is 0 Å². The fourth-order valence-corrected chi connectivity index (χ4v) is 1.73. The van der Waals surface area contributed by atoms with E-state index >= 15 is 0 Å². The second-order valence-corrected chi connectivity index (χ2v) is 3.95. The Morgan fingerprint density at radius 3 is 3.00 bits per heavy atom. The Morgan fingerprint density at radius 2 is 2.21 bits per heavy atom. The molecule has 14 heavy (non-hydrogen) atoms. The topological polar surface area (TPSA) is 54.5 Å².